The molecule has 24 heavy (non-hydrogen) atoms. The average Bonchev–Trinajstić information content (AvgIpc) is 2.94. The van der Waals surface area contributed by atoms with E-state index >= 15 is 0 Å². The second-order valence-corrected chi connectivity index (χ2v) is 7.63. The van der Waals surface area contributed by atoms with E-state index in [1.54, 1.807) is 19.1 Å². The lowest BCUT2D eigenvalue weighted by Gasteiger charge is -2.37. The highest BCUT2D eigenvalue weighted by Crippen LogP contribution is 2.53. The van der Waals surface area contributed by atoms with Crippen molar-refractivity contribution in [3.05, 3.63) is 44.4 Å². The Balaban J connectivity index is 1.90. The number of rotatable bonds is 2. The van der Waals surface area contributed by atoms with Crippen LogP contribution in [0, 0.1) is 5.92 Å². The molecule has 1 aromatic carbocycles. The molecule has 0 spiro atoms. The van der Waals surface area contributed by atoms with Gasteiger partial charge in [0.25, 0.3) is 0 Å². The second-order valence-electron chi connectivity index (χ2n) is 5.46. The van der Waals surface area contributed by atoms with E-state index in [9.17, 15) is 14.4 Å². The number of para-hydroxylation sites is 1. The summed E-state index contributed by atoms with van der Waals surface area (Å²) in [6.07, 6.45) is 0. The number of nitrogens with one attached hydrogen (secondary N) is 1. The fourth-order valence-corrected chi connectivity index (χ4v) is 5.64. The largest absolute Gasteiger partial charge is 0.465 e. The van der Waals surface area contributed by atoms with Gasteiger partial charge in [0.05, 0.1) is 17.6 Å². The highest BCUT2D eigenvalue weighted by atomic mass is 32.2. The number of ether oxygens (including phenoxy) is 2. The molecular weight excluding hydrogens is 350 g/mol. The third-order valence-electron chi connectivity index (χ3n) is 4.11. The van der Waals surface area contributed by atoms with Crippen LogP contribution in [0.15, 0.2) is 34.1 Å². The molecule has 0 fully saturated rings. The molecule has 0 saturated carbocycles. The molecule has 0 radical (unpaired) electrons. The van der Waals surface area contributed by atoms with Gasteiger partial charge < -0.3 is 14.5 Å². The molecular formula is C16H13NO5S2. The van der Waals surface area contributed by atoms with Gasteiger partial charge in [0.15, 0.2) is 0 Å². The molecule has 1 N–H and O–H groups in total. The van der Waals surface area contributed by atoms with Gasteiger partial charge in [0, 0.05) is 16.4 Å². The zero-order valence-electron chi connectivity index (χ0n) is 12.6. The number of H-pyrrole nitrogens is 1. The third-order valence-corrected chi connectivity index (χ3v) is 6.50. The van der Waals surface area contributed by atoms with E-state index in [1.807, 2.05) is 12.1 Å². The first kappa shape index (κ1) is 15.5. The molecule has 0 aliphatic carbocycles. The quantitative estimate of drug-likeness (QED) is 0.650. The van der Waals surface area contributed by atoms with Crippen LogP contribution in [0.5, 0.6) is 5.75 Å². The molecule has 4 rings (SSSR count). The van der Waals surface area contributed by atoms with Crippen molar-refractivity contribution in [2.75, 3.05) is 6.61 Å². The van der Waals surface area contributed by atoms with Crippen LogP contribution < -0.4 is 9.61 Å². The molecule has 3 heterocycles. The molecule has 0 saturated heterocycles. The van der Waals surface area contributed by atoms with Crippen LogP contribution in [0.3, 0.4) is 0 Å². The van der Waals surface area contributed by atoms with Gasteiger partial charge in [-0.25, -0.2) is 0 Å². The maximum Gasteiger partial charge on any atom is 0.320 e. The second kappa shape index (κ2) is 5.78. The minimum absolute atomic E-state index is 0.202. The summed E-state index contributed by atoms with van der Waals surface area (Å²) in [6, 6.07) is 7.23. The zero-order valence-corrected chi connectivity index (χ0v) is 14.2. The Kier molecular flexibility index (Phi) is 3.73. The molecule has 6 nitrogen and oxygen atoms in total. The molecule has 0 bridgehead atoms. The molecule has 2 aliphatic rings. The summed E-state index contributed by atoms with van der Waals surface area (Å²) in [4.78, 5) is 40.2. The Labute approximate surface area is 145 Å². The maximum atomic E-state index is 12.6. The summed E-state index contributed by atoms with van der Waals surface area (Å²) in [5, 5.41) is -0.109. The van der Waals surface area contributed by atoms with Gasteiger partial charge in [-0.1, -0.05) is 41.3 Å². The molecule has 0 unspecified atom stereocenters. The van der Waals surface area contributed by atoms with Gasteiger partial charge in [-0.2, -0.15) is 0 Å². The number of fused-ring (bicyclic) bond motifs is 5. The summed E-state index contributed by atoms with van der Waals surface area (Å²) in [6.45, 7) is 1.95. The average molecular weight is 363 g/mol. The summed E-state index contributed by atoms with van der Waals surface area (Å²) in [5.74, 6) is -1.53. The van der Waals surface area contributed by atoms with Gasteiger partial charge in [-0.3, -0.25) is 14.4 Å². The Morgan fingerprint density at radius 1 is 1.33 bits per heavy atom. The highest BCUT2D eigenvalue weighted by Gasteiger charge is 2.52. The Morgan fingerprint density at radius 3 is 2.92 bits per heavy atom. The van der Waals surface area contributed by atoms with Gasteiger partial charge in [-0.15, -0.1) is 0 Å². The lowest BCUT2D eigenvalue weighted by Crippen LogP contribution is -2.44. The molecule has 8 heteroatoms. The Morgan fingerprint density at radius 2 is 2.12 bits per heavy atom. The fourth-order valence-electron chi connectivity index (χ4n) is 3.18. The van der Waals surface area contributed by atoms with Crippen molar-refractivity contribution in [3.8, 4) is 5.75 Å². The number of esters is 2. The van der Waals surface area contributed by atoms with Crippen LogP contribution in [0.2, 0.25) is 0 Å². The summed E-state index contributed by atoms with van der Waals surface area (Å²) < 4.78 is 10.6. The third kappa shape index (κ3) is 2.29. The lowest BCUT2D eigenvalue weighted by molar-refractivity contribution is -0.150. The monoisotopic (exact) mass is 363 g/mol. The van der Waals surface area contributed by atoms with Gasteiger partial charge in [0.1, 0.15) is 11.0 Å². The number of hydrogen-bond donors (Lipinski definition) is 1. The number of carbonyl (C=O) groups is 2. The van der Waals surface area contributed by atoms with Crippen molar-refractivity contribution in [3.63, 3.8) is 0 Å². The van der Waals surface area contributed by atoms with Crippen molar-refractivity contribution < 1.29 is 19.1 Å². The van der Waals surface area contributed by atoms with Crippen molar-refractivity contribution in [1.82, 2.24) is 4.98 Å². The molecule has 2 aromatic rings. The van der Waals surface area contributed by atoms with Crippen molar-refractivity contribution in [2.24, 2.45) is 5.92 Å². The molecule has 2 aliphatic heterocycles. The Hall–Kier alpha value is -2.06. The van der Waals surface area contributed by atoms with Gasteiger partial charge in [0.2, 0.25) is 0 Å². The SMILES string of the molecule is CCOC(=O)[C@@H]1Sc2[nH]c(=O)sc2[C@H]2c3ccccc3OC(=O)[C@H]21. The zero-order chi connectivity index (χ0) is 16.8. The van der Waals surface area contributed by atoms with Crippen molar-refractivity contribution in [2.45, 2.75) is 23.1 Å². The van der Waals surface area contributed by atoms with Crippen LogP contribution in [0.1, 0.15) is 23.3 Å². The van der Waals surface area contributed by atoms with E-state index in [-0.39, 0.29) is 17.4 Å². The van der Waals surface area contributed by atoms with Crippen LogP contribution >= 0.6 is 23.1 Å². The number of hydrogen-bond acceptors (Lipinski definition) is 7. The van der Waals surface area contributed by atoms with E-state index < -0.39 is 23.1 Å². The minimum atomic E-state index is -0.742. The molecule has 1 aromatic heterocycles. The topological polar surface area (TPSA) is 85.5 Å². The fraction of sp³-hybridized carbons (Fsp3) is 0.312. The van der Waals surface area contributed by atoms with Crippen molar-refractivity contribution in [1.29, 1.82) is 0 Å². The van der Waals surface area contributed by atoms with Crippen LogP contribution in [-0.2, 0) is 14.3 Å². The highest BCUT2D eigenvalue weighted by molar-refractivity contribution is 8.00. The molecule has 3 atom stereocenters. The van der Waals surface area contributed by atoms with E-state index in [0.29, 0.717) is 10.8 Å². The number of thioether (sulfide) groups is 1. The molecule has 124 valence electrons. The number of aromatic amines is 1. The first-order valence-corrected chi connectivity index (χ1v) is 9.16. The van der Waals surface area contributed by atoms with Crippen molar-refractivity contribution >= 4 is 35.0 Å². The van der Waals surface area contributed by atoms with Crippen LogP contribution in [0.25, 0.3) is 0 Å². The number of carbonyl (C=O) groups excluding carboxylic acids is 2. The normalized spacial score (nSPS) is 24.4. The summed E-state index contributed by atoms with van der Waals surface area (Å²) in [7, 11) is 0. The number of aromatic nitrogens is 1. The Bertz CT molecular complexity index is 887. The van der Waals surface area contributed by atoms with Crippen LogP contribution in [-0.4, -0.2) is 28.8 Å². The number of benzene rings is 1. The minimum Gasteiger partial charge on any atom is -0.465 e. The predicted octanol–water partition coefficient (Wildman–Crippen LogP) is 2.14. The summed E-state index contributed by atoms with van der Waals surface area (Å²) >= 11 is 2.25. The van der Waals surface area contributed by atoms with Gasteiger partial charge in [-0.05, 0) is 13.0 Å². The first-order chi connectivity index (χ1) is 11.6. The van der Waals surface area contributed by atoms with Gasteiger partial charge >= 0.3 is 16.8 Å². The van der Waals surface area contributed by atoms with E-state index in [2.05, 4.69) is 4.98 Å². The predicted molar refractivity (Wildman–Crippen MR) is 88.6 cm³/mol. The van der Waals surface area contributed by atoms with E-state index in [4.69, 9.17) is 9.47 Å². The maximum absolute atomic E-state index is 12.6. The number of thiazole rings is 1. The van der Waals surface area contributed by atoms with E-state index in [1.165, 1.54) is 11.8 Å². The van der Waals surface area contributed by atoms with Crippen LogP contribution in [0.4, 0.5) is 0 Å². The van der Waals surface area contributed by atoms with E-state index in [0.717, 1.165) is 21.8 Å². The first-order valence-electron chi connectivity index (χ1n) is 7.47. The summed E-state index contributed by atoms with van der Waals surface area (Å²) in [5.41, 5.74) is 0.813. The lowest BCUT2D eigenvalue weighted by atomic mass is 9.80. The smallest absolute Gasteiger partial charge is 0.320 e. The molecule has 0 amide bonds. The standard InChI is InChI=1S/C16H13NO5S2/c1-2-21-15(19)12-10-9(11-13(23-12)17-16(20)24-11)7-5-3-4-6-8(7)22-14(10)18/h3-6,9-10,12H,2H2,1H3,(H,17,20)/t9-,10+,12+/m0/s1.